The molecular formula is C18H15ClN2O3. The highest BCUT2D eigenvalue weighted by molar-refractivity contribution is 6.30. The smallest absolute Gasteiger partial charge is 0.233 e. The van der Waals surface area contributed by atoms with Gasteiger partial charge in [-0.3, -0.25) is 0 Å². The summed E-state index contributed by atoms with van der Waals surface area (Å²) in [7, 11) is 1.64. The Bertz CT molecular complexity index is 878. The first-order chi connectivity index (χ1) is 11.7. The fourth-order valence-corrected chi connectivity index (χ4v) is 2.97. The largest absolute Gasteiger partial charge is 0.497 e. The zero-order chi connectivity index (χ0) is 16.5. The molecule has 0 radical (unpaired) electrons. The standard InChI is InChI=1S/C18H15ClN2O3/c1-22-15-6-5-11-7-13(10-23-16(11)9-15)18-20-17(21-24-18)12-3-2-4-14(19)8-12/h2-6,8-9,13H,7,10H2,1H3. The molecule has 0 saturated carbocycles. The molecule has 1 unspecified atom stereocenters. The maximum atomic E-state index is 6.01. The Morgan fingerprint density at radius 1 is 1.21 bits per heavy atom. The van der Waals surface area contributed by atoms with Gasteiger partial charge in [0.2, 0.25) is 11.7 Å². The molecule has 0 saturated heterocycles. The van der Waals surface area contributed by atoms with Crippen molar-refractivity contribution in [1.29, 1.82) is 0 Å². The van der Waals surface area contributed by atoms with Gasteiger partial charge in [0.1, 0.15) is 18.1 Å². The molecule has 2 heterocycles. The van der Waals surface area contributed by atoms with Crippen molar-refractivity contribution in [1.82, 2.24) is 10.1 Å². The van der Waals surface area contributed by atoms with Crippen LogP contribution in [0.3, 0.4) is 0 Å². The monoisotopic (exact) mass is 342 g/mol. The molecule has 1 atom stereocenters. The number of halogens is 1. The van der Waals surface area contributed by atoms with Gasteiger partial charge in [-0.1, -0.05) is 35.0 Å². The normalized spacial score (nSPS) is 16.3. The Morgan fingerprint density at radius 2 is 2.12 bits per heavy atom. The highest BCUT2D eigenvalue weighted by atomic mass is 35.5. The van der Waals surface area contributed by atoms with Crippen molar-refractivity contribution >= 4 is 11.6 Å². The third-order valence-corrected chi connectivity index (χ3v) is 4.29. The van der Waals surface area contributed by atoms with Crippen LogP contribution in [0.25, 0.3) is 11.4 Å². The predicted molar refractivity (Wildman–Crippen MR) is 89.7 cm³/mol. The summed E-state index contributed by atoms with van der Waals surface area (Å²) in [6.07, 6.45) is 0.788. The molecular weight excluding hydrogens is 328 g/mol. The van der Waals surface area contributed by atoms with Gasteiger partial charge in [0.15, 0.2) is 0 Å². The minimum Gasteiger partial charge on any atom is -0.497 e. The number of aromatic nitrogens is 2. The van der Waals surface area contributed by atoms with Gasteiger partial charge in [0.25, 0.3) is 0 Å². The molecule has 1 aliphatic heterocycles. The number of methoxy groups -OCH3 is 1. The highest BCUT2D eigenvalue weighted by Crippen LogP contribution is 2.34. The van der Waals surface area contributed by atoms with Crippen molar-refractivity contribution in [2.75, 3.05) is 13.7 Å². The van der Waals surface area contributed by atoms with Crippen LogP contribution in [0, 0.1) is 0 Å². The molecule has 0 bridgehead atoms. The van der Waals surface area contributed by atoms with Crippen molar-refractivity contribution in [3.05, 3.63) is 58.9 Å². The van der Waals surface area contributed by atoms with Crippen molar-refractivity contribution in [3.8, 4) is 22.9 Å². The molecule has 0 spiro atoms. The molecule has 0 N–H and O–H groups in total. The predicted octanol–water partition coefficient (Wildman–Crippen LogP) is 4.12. The van der Waals surface area contributed by atoms with Gasteiger partial charge in [0, 0.05) is 16.7 Å². The maximum Gasteiger partial charge on any atom is 0.233 e. The van der Waals surface area contributed by atoms with Crippen LogP contribution in [0.1, 0.15) is 17.4 Å². The summed E-state index contributed by atoms with van der Waals surface area (Å²) in [5.41, 5.74) is 1.94. The van der Waals surface area contributed by atoms with E-state index >= 15 is 0 Å². The Morgan fingerprint density at radius 3 is 2.96 bits per heavy atom. The third-order valence-electron chi connectivity index (χ3n) is 4.05. The Hall–Kier alpha value is -2.53. The number of hydrogen-bond donors (Lipinski definition) is 0. The summed E-state index contributed by atoms with van der Waals surface area (Å²) in [6, 6.07) is 13.2. The van der Waals surface area contributed by atoms with Gasteiger partial charge in [-0.15, -0.1) is 0 Å². The van der Waals surface area contributed by atoms with E-state index in [1.807, 2.05) is 42.5 Å². The molecule has 6 heteroatoms. The first kappa shape index (κ1) is 15.0. The van der Waals surface area contributed by atoms with Crippen LogP contribution < -0.4 is 9.47 Å². The third kappa shape index (κ3) is 2.83. The van der Waals surface area contributed by atoms with E-state index in [2.05, 4.69) is 10.1 Å². The summed E-state index contributed by atoms with van der Waals surface area (Å²) >= 11 is 6.01. The van der Waals surface area contributed by atoms with E-state index in [0.29, 0.717) is 23.3 Å². The maximum absolute atomic E-state index is 6.01. The topological polar surface area (TPSA) is 57.4 Å². The summed E-state index contributed by atoms with van der Waals surface area (Å²) in [4.78, 5) is 4.51. The molecule has 24 heavy (non-hydrogen) atoms. The van der Waals surface area contributed by atoms with Crippen molar-refractivity contribution < 1.29 is 14.0 Å². The van der Waals surface area contributed by atoms with Crippen LogP contribution in [0.4, 0.5) is 0 Å². The number of ether oxygens (including phenoxy) is 2. The molecule has 0 amide bonds. The van der Waals surface area contributed by atoms with E-state index in [-0.39, 0.29) is 5.92 Å². The molecule has 2 aromatic carbocycles. The van der Waals surface area contributed by atoms with Crippen molar-refractivity contribution in [2.24, 2.45) is 0 Å². The van der Waals surface area contributed by atoms with E-state index in [9.17, 15) is 0 Å². The highest BCUT2D eigenvalue weighted by Gasteiger charge is 2.26. The van der Waals surface area contributed by atoms with E-state index in [4.69, 9.17) is 25.6 Å². The second kappa shape index (κ2) is 6.17. The van der Waals surface area contributed by atoms with Crippen LogP contribution in [-0.2, 0) is 6.42 Å². The first-order valence-electron chi connectivity index (χ1n) is 7.62. The number of hydrogen-bond acceptors (Lipinski definition) is 5. The lowest BCUT2D eigenvalue weighted by Crippen LogP contribution is -2.19. The zero-order valence-electron chi connectivity index (χ0n) is 13.0. The first-order valence-corrected chi connectivity index (χ1v) is 8.00. The van der Waals surface area contributed by atoms with Crippen molar-refractivity contribution in [2.45, 2.75) is 12.3 Å². The molecule has 4 rings (SSSR count). The van der Waals surface area contributed by atoms with Gasteiger partial charge in [-0.2, -0.15) is 4.98 Å². The lowest BCUT2D eigenvalue weighted by molar-refractivity contribution is 0.229. The number of benzene rings is 2. The lowest BCUT2D eigenvalue weighted by Gasteiger charge is -2.23. The average Bonchev–Trinajstić information content (AvgIpc) is 3.11. The van der Waals surface area contributed by atoms with Gasteiger partial charge < -0.3 is 14.0 Å². The number of fused-ring (bicyclic) bond motifs is 1. The molecule has 0 aliphatic carbocycles. The van der Waals surface area contributed by atoms with Gasteiger partial charge >= 0.3 is 0 Å². The summed E-state index contributed by atoms with van der Waals surface area (Å²) in [6.45, 7) is 0.497. The second-order valence-electron chi connectivity index (χ2n) is 5.65. The molecule has 0 fully saturated rings. The van der Waals surface area contributed by atoms with E-state index in [0.717, 1.165) is 29.0 Å². The summed E-state index contributed by atoms with van der Waals surface area (Å²) in [5, 5.41) is 4.71. The minimum atomic E-state index is 0.0336. The quantitative estimate of drug-likeness (QED) is 0.716. The molecule has 5 nitrogen and oxygen atoms in total. The van der Waals surface area contributed by atoms with Gasteiger partial charge in [-0.25, -0.2) is 0 Å². The zero-order valence-corrected chi connectivity index (χ0v) is 13.8. The SMILES string of the molecule is COc1ccc2c(c1)OCC(c1nc(-c3cccc(Cl)c3)no1)C2. The van der Waals surface area contributed by atoms with Crippen LogP contribution in [0.2, 0.25) is 5.02 Å². The fraction of sp³-hybridized carbons (Fsp3) is 0.222. The Labute approximate surface area is 144 Å². The number of nitrogens with zero attached hydrogens (tertiary/aromatic N) is 2. The van der Waals surface area contributed by atoms with Crippen LogP contribution in [0.15, 0.2) is 47.0 Å². The Kier molecular flexibility index (Phi) is 3.86. The van der Waals surface area contributed by atoms with E-state index < -0.39 is 0 Å². The van der Waals surface area contributed by atoms with Gasteiger partial charge in [-0.05, 0) is 30.2 Å². The number of rotatable bonds is 3. The van der Waals surface area contributed by atoms with Crippen LogP contribution in [-0.4, -0.2) is 23.9 Å². The minimum absolute atomic E-state index is 0.0336. The average molecular weight is 343 g/mol. The lowest BCUT2D eigenvalue weighted by atomic mass is 9.96. The fourth-order valence-electron chi connectivity index (χ4n) is 2.78. The molecule has 122 valence electrons. The summed E-state index contributed by atoms with van der Waals surface area (Å²) in [5.74, 6) is 2.78. The van der Waals surface area contributed by atoms with Gasteiger partial charge in [0.05, 0.1) is 13.0 Å². The molecule has 3 aromatic rings. The van der Waals surface area contributed by atoms with Crippen LogP contribution >= 0.6 is 11.6 Å². The van der Waals surface area contributed by atoms with E-state index in [1.165, 1.54) is 0 Å². The van der Waals surface area contributed by atoms with Crippen LogP contribution in [0.5, 0.6) is 11.5 Å². The Balaban J connectivity index is 1.57. The van der Waals surface area contributed by atoms with E-state index in [1.54, 1.807) is 7.11 Å². The van der Waals surface area contributed by atoms with Crippen molar-refractivity contribution in [3.63, 3.8) is 0 Å². The molecule has 1 aromatic heterocycles. The molecule has 1 aliphatic rings. The second-order valence-corrected chi connectivity index (χ2v) is 6.09. The summed E-state index contributed by atoms with van der Waals surface area (Å²) < 4.78 is 16.5.